The number of carbonyl (C=O) groups is 1. The molecule has 0 spiro atoms. The average molecular weight is 497 g/mol. The first-order valence-corrected chi connectivity index (χ1v) is 8.79. The summed E-state index contributed by atoms with van der Waals surface area (Å²) in [6.07, 6.45) is 1.43. The van der Waals surface area contributed by atoms with E-state index >= 15 is 0 Å². The number of hydrogen-bond acceptors (Lipinski definition) is 4. The lowest BCUT2D eigenvalue weighted by molar-refractivity contribution is -0.123. The van der Waals surface area contributed by atoms with E-state index in [2.05, 4.69) is 42.4 Å². The topological polar surface area (TPSA) is 70.9 Å². The molecule has 0 saturated carbocycles. The third-order valence-corrected chi connectivity index (χ3v) is 4.43. The first kappa shape index (κ1) is 19.1. The van der Waals surface area contributed by atoms with E-state index in [4.69, 9.17) is 27.9 Å². The van der Waals surface area contributed by atoms with E-state index in [0.29, 0.717) is 30.3 Å². The number of nitrogens with one attached hydrogen (secondary N) is 1. The van der Waals surface area contributed by atoms with Gasteiger partial charge in [-0.15, -0.1) is 0 Å². The molecule has 0 heterocycles. The standard InChI is InChI=1S/C15H10Br2Cl2N2O3/c16-10-3-8(4-11(17)15(10)23)6-20-21-14(22)7-24-13-2-1-9(18)5-12(13)19/h1-6,23H,7H2,(H,21,22)/b20-6+. The highest BCUT2D eigenvalue weighted by atomic mass is 79.9. The second-order valence-corrected chi connectivity index (χ2v) is 7.04. The van der Waals surface area contributed by atoms with E-state index in [0.717, 1.165) is 0 Å². The lowest BCUT2D eigenvalue weighted by atomic mass is 10.2. The van der Waals surface area contributed by atoms with Crippen molar-refractivity contribution in [2.75, 3.05) is 6.61 Å². The highest BCUT2D eigenvalue weighted by molar-refractivity contribution is 9.11. The van der Waals surface area contributed by atoms with Crippen LogP contribution in [-0.2, 0) is 4.79 Å². The number of hydrazone groups is 1. The Balaban J connectivity index is 1.89. The number of amides is 1. The van der Waals surface area contributed by atoms with Crippen LogP contribution in [0.3, 0.4) is 0 Å². The lowest BCUT2D eigenvalue weighted by Gasteiger charge is -2.07. The molecule has 2 aromatic rings. The first-order chi connectivity index (χ1) is 11.4. The smallest absolute Gasteiger partial charge is 0.277 e. The third kappa shape index (κ3) is 5.37. The Bertz CT molecular complexity index is 777. The fraction of sp³-hybridized carbons (Fsp3) is 0.0667. The van der Waals surface area contributed by atoms with Gasteiger partial charge in [-0.25, -0.2) is 5.43 Å². The van der Waals surface area contributed by atoms with Crippen LogP contribution in [0.5, 0.6) is 11.5 Å². The molecule has 0 unspecified atom stereocenters. The van der Waals surface area contributed by atoms with Gasteiger partial charge in [-0.2, -0.15) is 5.10 Å². The van der Waals surface area contributed by atoms with Crippen molar-refractivity contribution in [1.82, 2.24) is 5.43 Å². The van der Waals surface area contributed by atoms with Crippen LogP contribution in [-0.4, -0.2) is 23.8 Å². The zero-order chi connectivity index (χ0) is 17.7. The largest absolute Gasteiger partial charge is 0.506 e. The highest BCUT2D eigenvalue weighted by Crippen LogP contribution is 2.32. The van der Waals surface area contributed by atoms with E-state index in [1.165, 1.54) is 12.3 Å². The molecule has 1 amide bonds. The Kier molecular flexibility index (Phi) is 6.91. The van der Waals surface area contributed by atoms with Crippen molar-refractivity contribution in [3.05, 3.63) is 54.9 Å². The Morgan fingerprint density at radius 1 is 1.25 bits per heavy atom. The molecule has 0 fully saturated rings. The molecule has 0 aromatic heterocycles. The molecule has 0 aliphatic carbocycles. The van der Waals surface area contributed by atoms with Crippen LogP contribution >= 0.6 is 55.1 Å². The fourth-order valence-electron chi connectivity index (χ4n) is 1.61. The van der Waals surface area contributed by atoms with Gasteiger partial charge < -0.3 is 9.84 Å². The molecule has 2 rings (SSSR count). The van der Waals surface area contributed by atoms with Crippen molar-refractivity contribution in [3.8, 4) is 11.5 Å². The van der Waals surface area contributed by atoms with E-state index in [-0.39, 0.29) is 12.4 Å². The van der Waals surface area contributed by atoms with Gasteiger partial charge in [0.15, 0.2) is 6.61 Å². The van der Waals surface area contributed by atoms with Crippen molar-refractivity contribution < 1.29 is 14.6 Å². The predicted octanol–water partition coefficient (Wildman–Crippen LogP) is 4.75. The van der Waals surface area contributed by atoms with Gasteiger partial charge in [-0.3, -0.25) is 4.79 Å². The normalized spacial score (nSPS) is 10.8. The van der Waals surface area contributed by atoms with Crippen LogP contribution in [0.4, 0.5) is 0 Å². The van der Waals surface area contributed by atoms with Crippen molar-refractivity contribution >= 4 is 67.2 Å². The molecule has 2 N–H and O–H groups in total. The maximum Gasteiger partial charge on any atom is 0.277 e. The summed E-state index contributed by atoms with van der Waals surface area (Å²) >= 11 is 18.1. The summed E-state index contributed by atoms with van der Waals surface area (Å²) in [7, 11) is 0. The molecule has 0 saturated heterocycles. The maximum atomic E-state index is 11.7. The van der Waals surface area contributed by atoms with Gasteiger partial charge in [-0.1, -0.05) is 23.2 Å². The molecule has 24 heavy (non-hydrogen) atoms. The van der Waals surface area contributed by atoms with Gasteiger partial charge in [0.2, 0.25) is 0 Å². The van der Waals surface area contributed by atoms with Crippen LogP contribution in [0, 0.1) is 0 Å². The minimum atomic E-state index is -0.450. The zero-order valence-corrected chi connectivity index (χ0v) is 16.6. The molecule has 2 aromatic carbocycles. The molecular formula is C15H10Br2Cl2N2O3. The molecule has 5 nitrogen and oxygen atoms in total. The molecule has 9 heteroatoms. The van der Waals surface area contributed by atoms with Gasteiger partial charge in [-0.05, 0) is 67.8 Å². The van der Waals surface area contributed by atoms with Crippen LogP contribution in [0.1, 0.15) is 5.56 Å². The van der Waals surface area contributed by atoms with E-state index in [9.17, 15) is 9.90 Å². The summed E-state index contributed by atoms with van der Waals surface area (Å²) in [6.45, 7) is -0.248. The lowest BCUT2D eigenvalue weighted by Crippen LogP contribution is -2.24. The summed E-state index contributed by atoms with van der Waals surface area (Å²) in [5.41, 5.74) is 3.00. The number of halogens is 4. The van der Waals surface area contributed by atoms with Crippen molar-refractivity contribution in [3.63, 3.8) is 0 Å². The number of phenols is 1. The quantitative estimate of drug-likeness (QED) is 0.463. The second kappa shape index (κ2) is 8.71. The number of aromatic hydroxyl groups is 1. The average Bonchev–Trinajstić information content (AvgIpc) is 2.51. The van der Waals surface area contributed by atoms with Gasteiger partial charge in [0.05, 0.1) is 20.2 Å². The van der Waals surface area contributed by atoms with Crippen LogP contribution < -0.4 is 10.2 Å². The third-order valence-electron chi connectivity index (χ3n) is 2.69. The SMILES string of the molecule is O=C(COc1ccc(Cl)cc1Cl)N/N=C/c1cc(Br)c(O)c(Br)c1. The fourth-order valence-corrected chi connectivity index (χ4v) is 3.29. The molecule has 0 radical (unpaired) electrons. The van der Waals surface area contributed by atoms with Crippen LogP contribution in [0.15, 0.2) is 44.4 Å². The number of ether oxygens (including phenoxy) is 1. The molecule has 0 bridgehead atoms. The Morgan fingerprint density at radius 3 is 2.54 bits per heavy atom. The molecule has 0 aliphatic heterocycles. The molecule has 0 aliphatic rings. The summed E-state index contributed by atoms with van der Waals surface area (Å²) in [5.74, 6) is -0.00908. The monoisotopic (exact) mass is 494 g/mol. The van der Waals surface area contributed by atoms with Gasteiger partial charge in [0, 0.05) is 5.02 Å². The maximum absolute atomic E-state index is 11.7. The summed E-state index contributed by atoms with van der Waals surface area (Å²) in [5, 5.41) is 14.2. The Hall–Kier alpha value is -1.28. The van der Waals surface area contributed by atoms with Gasteiger partial charge in [0.1, 0.15) is 11.5 Å². The minimum absolute atomic E-state index is 0.0874. The van der Waals surface area contributed by atoms with E-state index in [1.54, 1.807) is 24.3 Å². The highest BCUT2D eigenvalue weighted by Gasteiger charge is 2.07. The zero-order valence-electron chi connectivity index (χ0n) is 11.9. The van der Waals surface area contributed by atoms with Gasteiger partial charge >= 0.3 is 0 Å². The van der Waals surface area contributed by atoms with Crippen LogP contribution in [0.2, 0.25) is 10.0 Å². The number of hydrogen-bond donors (Lipinski definition) is 2. The second-order valence-electron chi connectivity index (χ2n) is 4.49. The van der Waals surface area contributed by atoms with E-state index in [1.807, 2.05) is 0 Å². The van der Waals surface area contributed by atoms with Crippen molar-refractivity contribution in [1.29, 1.82) is 0 Å². The number of rotatable bonds is 5. The molecular weight excluding hydrogens is 487 g/mol. The first-order valence-electron chi connectivity index (χ1n) is 6.44. The summed E-state index contributed by atoms with van der Waals surface area (Å²) < 4.78 is 6.30. The summed E-state index contributed by atoms with van der Waals surface area (Å²) in [4.78, 5) is 11.7. The minimum Gasteiger partial charge on any atom is -0.506 e. The van der Waals surface area contributed by atoms with Crippen molar-refractivity contribution in [2.24, 2.45) is 5.10 Å². The van der Waals surface area contributed by atoms with Crippen LogP contribution in [0.25, 0.3) is 0 Å². The number of phenolic OH excluding ortho intramolecular Hbond substituents is 1. The van der Waals surface area contributed by atoms with Crippen molar-refractivity contribution in [2.45, 2.75) is 0 Å². The number of carbonyl (C=O) groups excluding carboxylic acids is 1. The number of nitrogens with zero attached hydrogens (tertiary/aromatic N) is 1. The van der Waals surface area contributed by atoms with E-state index < -0.39 is 5.91 Å². The Morgan fingerprint density at radius 2 is 1.92 bits per heavy atom. The Labute approximate surface area is 164 Å². The predicted molar refractivity (Wildman–Crippen MR) is 101 cm³/mol. The number of benzene rings is 2. The summed E-state index contributed by atoms with van der Waals surface area (Å²) in [6, 6.07) is 8.01. The van der Waals surface area contributed by atoms with Gasteiger partial charge in [0.25, 0.3) is 5.91 Å². The molecule has 126 valence electrons. The molecule has 0 atom stereocenters.